The maximum Gasteiger partial charge on any atom is 0.0595 e. The van der Waals surface area contributed by atoms with Crippen LogP contribution in [0.3, 0.4) is 0 Å². The molecule has 0 spiro atoms. The number of hydrogen-bond donors (Lipinski definition) is 1. The Morgan fingerprint density at radius 2 is 1.84 bits per heavy atom. The van der Waals surface area contributed by atoms with Gasteiger partial charge in [-0.05, 0) is 48.9 Å². The quantitative estimate of drug-likeness (QED) is 0.836. The SMILES string of the molecule is CNCC1(c2ccc(Cl)c(Cl)c2)CC(C(C)(C)C)C1. The summed E-state index contributed by atoms with van der Waals surface area (Å²) in [5, 5.41) is 4.64. The van der Waals surface area contributed by atoms with Gasteiger partial charge in [0.1, 0.15) is 0 Å². The predicted octanol–water partition coefficient (Wildman–Crippen LogP) is 4.91. The molecule has 0 radical (unpaired) electrons. The van der Waals surface area contributed by atoms with E-state index in [-0.39, 0.29) is 5.41 Å². The Bertz CT molecular complexity index is 456. The molecule has 1 aromatic carbocycles. The van der Waals surface area contributed by atoms with Crippen LogP contribution in [0.25, 0.3) is 0 Å². The molecule has 1 aliphatic carbocycles. The van der Waals surface area contributed by atoms with Crippen LogP contribution < -0.4 is 5.32 Å². The summed E-state index contributed by atoms with van der Waals surface area (Å²) in [6.45, 7) is 7.99. The fraction of sp³-hybridized carbons (Fsp3) is 0.625. The van der Waals surface area contributed by atoms with Gasteiger partial charge in [0.05, 0.1) is 10.0 Å². The third-order valence-corrected chi connectivity index (χ3v) is 5.29. The standard InChI is InChI=1S/C16H23Cl2N/c1-15(2,3)12-8-16(9-12,10-19-4)11-5-6-13(17)14(18)7-11/h5-7,12,19H,8-10H2,1-4H3. The zero-order chi connectivity index (χ0) is 14.3. The summed E-state index contributed by atoms with van der Waals surface area (Å²) >= 11 is 12.2. The van der Waals surface area contributed by atoms with Crippen molar-refractivity contribution in [2.75, 3.05) is 13.6 Å². The lowest BCUT2D eigenvalue weighted by atomic mass is 9.52. The molecule has 2 rings (SSSR count). The molecule has 1 nitrogen and oxygen atoms in total. The van der Waals surface area contributed by atoms with Crippen LogP contribution in [0.5, 0.6) is 0 Å². The van der Waals surface area contributed by atoms with E-state index in [1.807, 2.05) is 19.2 Å². The van der Waals surface area contributed by atoms with E-state index >= 15 is 0 Å². The van der Waals surface area contributed by atoms with Crippen molar-refractivity contribution in [3.05, 3.63) is 33.8 Å². The topological polar surface area (TPSA) is 12.0 Å². The van der Waals surface area contributed by atoms with E-state index < -0.39 is 0 Å². The Balaban J connectivity index is 2.25. The van der Waals surface area contributed by atoms with E-state index in [0.29, 0.717) is 15.5 Å². The lowest BCUT2D eigenvalue weighted by Crippen LogP contribution is -2.51. The van der Waals surface area contributed by atoms with Gasteiger partial charge in [0.25, 0.3) is 0 Å². The monoisotopic (exact) mass is 299 g/mol. The lowest BCUT2D eigenvalue weighted by Gasteiger charge is -2.53. The Labute approximate surface area is 126 Å². The minimum Gasteiger partial charge on any atom is -0.319 e. The fourth-order valence-corrected chi connectivity index (χ4v) is 3.44. The number of nitrogens with one attached hydrogen (secondary N) is 1. The summed E-state index contributed by atoms with van der Waals surface area (Å²) in [6.07, 6.45) is 2.44. The first-order valence-electron chi connectivity index (χ1n) is 6.89. The smallest absolute Gasteiger partial charge is 0.0595 e. The highest BCUT2D eigenvalue weighted by atomic mass is 35.5. The number of benzene rings is 1. The normalized spacial score (nSPS) is 27.2. The van der Waals surface area contributed by atoms with Gasteiger partial charge in [0.2, 0.25) is 0 Å². The molecule has 1 saturated carbocycles. The molecule has 0 heterocycles. The second-order valence-corrected chi connectivity index (χ2v) is 7.73. The summed E-state index contributed by atoms with van der Waals surface area (Å²) in [6, 6.07) is 6.09. The molecule has 19 heavy (non-hydrogen) atoms. The highest BCUT2D eigenvalue weighted by Crippen LogP contribution is 2.54. The Morgan fingerprint density at radius 3 is 2.32 bits per heavy atom. The zero-order valence-corrected chi connectivity index (χ0v) is 13.7. The largest absolute Gasteiger partial charge is 0.319 e. The first-order chi connectivity index (χ1) is 8.78. The predicted molar refractivity (Wildman–Crippen MR) is 84.2 cm³/mol. The molecule has 1 aromatic rings. The van der Waals surface area contributed by atoms with Crippen molar-refractivity contribution in [1.29, 1.82) is 0 Å². The number of rotatable bonds is 3. The summed E-state index contributed by atoms with van der Waals surface area (Å²) in [7, 11) is 2.02. The maximum atomic E-state index is 6.18. The van der Waals surface area contributed by atoms with Gasteiger partial charge in [-0.2, -0.15) is 0 Å². The van der Waals surface area contributed by atoms with Gasteiger partial charge in [-0.1, -0.05) is 50.0 Å². The average Bonchev–Trinajstić information content (AvgIpc) is 2.25. The molecule has 0 aliphatic heterocycles. The van der Waals surface area contributed by atoms with Crippen molar-refractivity contribution in [1.82, 2.24) is 5.32 Å². The van der Waals surface area contributed by atoms with E-state index in [4.69, 9.17) is 23.2 Å². The highest BCUT2D eigenvalue weighted by molar-refractivity contribution is 6.42. The highest BCUT2D eigenvalue weighted by Gasteiger charge is 2.48. The summed E-state index contributed by atoms with van der Waals surface area (Å²) in [4.78, 5) is 0. The van der Waals surface area contributed by atoms with Crippen molar-refractivity contribution < 1.29 is 0 Å². The molecule has 1 aliphatic rings. The molecule has 3 heteroatoms. The molecule has 0 aromatic heterocycles. The van der Waals surface area contributed by atoms with Gasteiger partial charge in [-0.3, -0.25) is 0 Å². The second kappa shape index (κ2) is 5.27. The van der Waals surface area contributed by atoms with Crippen LogP contribution in [-0.4, -0.2) is 13.6 Å². The zero-order valence-electron chi connectivity index (χ0n) is 12.2. The van der Waals surface area contributed by atoms with Gasteiger partial charge in [0.15, 0.2) is 0 Å². The minimum absolute atomic E-state index is 0.223. The van der Waals surface area contributed by atoms with E-state index in [0.717, 1.165) is 12.5 Å². The van der Waals surface area contributed by atoms with Crippen LogP contribution in [-0.2, 0) is 5.41 Å². The molecule has 0 saturated heterocycles. The number of halogens is 2. The molecule has 0 unspecified atom stereocenters. The van der Waals surface area contributed by atoms with Gasteiger partial charge in [-0.15, -0.1) is 0 Å². The van der Waals surface area contributed by atoms with Crippen molar-refractivity contribution in [2.24, 2.45) is 11.3 Å². The van der Waals surface area contributed by atoms with Crippen LogP contribution in [0.1, 0.15) is 39.2 Å². The molecule has 0 amide bonds. The maximum absolute atomic E-state index is 6.18. The lowest BCUT2D eigenvalue weighted by molar-refractivity contribution is 0.0461. The van der Waals surface area contributed by atoms with Crippen LogP contribution in [0.15, 0.2) is 18.2 Å². The molecule has 0 atom stereocenters. The summed E-state index contributed by atoms with van der Waals surface area (Å²) in [5.41, 5.74) is 1.92. The molecular formula is C16H23Cl2N. The molecular weight excluding hydrogens is 277 g/mol. The molecule has 1 N–H and O–H groups in total. The Kier molecular flexibility index (Phi) is 4.21. The van der Waals surface area contributed by atoms with E-state index in [2.05, 4.69) is 32.2 Å². The fourth-order valence-electron chi connectivity index (χ4n) is 3.14. The van der Waals surface area contributed by atoms with E-state index in [1.54, 1.807) is 0 Å². The average molecular weight is 300 g/mol. The first kappa shape index (κ1) is 15.2. The van der Waals surface area contributed by atoms with Crippen LogP contribution in [0.2, 0.25) is 10.0 Å². The molecule has 0 bridgehead atoms. The molecule has 106 valence electrons. The number of hydrogen-bond acceptors (Lipinski definition) is 1. The third-order valence-electron chi connectivity index (χ3n) is 4.55. The van der Waals surface area contributed by atoms with E-state index in [9.17, 15) is 0 Å². The first-order valence-corrected chi connectivity index (χ1v) is 7.64. The van der Waals surface area contributed by atoms with Crippen LogP contribution in [0.4, 0.5) is 0 Å². The second-order valence-electron chi connectivity index (χ2n) is 6.91. The van der Waals surface area contributed by atoms with Gasteiger partial charge < -0.3 is 5.32 Å². The van der Waals surface area contributed by atoms with Crippen molar-refractivity contribution in [3.63, 3.8) is 0 Å². The summed E-state index contributed by atoms with van der Waals surface area (Å²) in [5.74, 6) is 0.773. The van der Waals surface area contributed by atoms with Crippen LogP contribution in [0, 0.1) is 11.3 Å². The van der Waals surface area contributed by atoms with E-state index in [1.165, 1.54) is 18.4 Å². The minimum atomic E-state index is 0.223. The Morgan fingerprint density at radius 1 is 1.21 bits per heavy atom. The van der Waals surface area contributed by atoms with Gasteiger partial charge >= 0.3 is 0 Å². The number of likely N-dealkylation sites (N-methyl/N-ethyl adjacent to an activating group) is 1. The van der Waals surface area contributed by atoms with Crippen molar-refractivity contribution >= 4 is 23.2 Å². The third kappa shape index (κ3) is 2.94. The van der Waals surface area contributed by atoms with Crippen LogP contribution >= 0.6 is 23.2 Å². The van der Waals surface area contributed by atoms with Gasteiger partial charge in [0, 0.05) is 12.0 Å². The van der Waals surface area contributed by atoms with Crippen molar-refractivity contribution in [3.8, 4) is 0 Å². The Hall–Kier alpha value is -0.240. The molecule has 1 fully saturated rings. The summed E-state index contributed by atoms with van der Waals surface area (Å²) < 4.78 is 0. The van der Waals surface area contributed by atoms with Crippen molar-refractivity contribution in [2.45, 2.75) is 39.0 Å². The van der Waals surface area contributed by atoms with Gasteiger partial charge in [-0.25, -0.2) is 0 Å².